The van der Waals surface area contributed by atoms with Crippen LogP contribution in [0.4, 0.5) is 5.82 Å². The minimum absolute atomic E-state index is 0.119. The first-order valence-electron chi connectivity index (χ1n) is 5.80. The summed E-state index contributed by atoms with van der Waals surface area (Å²) in [5, 5.41) is 4.32. The van der Waals surface area contributed by atoms with Crippen LogP contribution in [0.2, 0.25) is 0 Å². The fourth-order valence-corrected chi connectivity index (χ4v) is 4.03. The molecule has 0 aliphatic carbocycles. The van der Waals surface area contributed by atoms with Gasteiger partial charge in [-0.25, -0.2) is 0 Å². The van der Waals surface area contributed by atoms with Crippen LogP contribution in [0.25, 0.3) is 0 Å². The van der Waals surface area contributed by atoms with Crippen molar-refractivity contribution in [3.63, 3.8) is 0 Å². The van der Waals surface area contributed by atoms with Gasteiger partial charge < -0.3 is 10.5 Å². The minimum atomic E-state index is 0.119. The summed E-state index contributed by atoms with van der Waals surface area (Å²) in [6, 6.07) is 2.33. The number of nitrogen functional groups attached to an aromatic ring is 1. The molecule has 16 heavy (non-hydrogen) atoms. The Morgan fingerprint density at radius 3 is 3.25 bits per heavy atom. The Morgan fingerprint density at radius 1 is 1.62 bits per heavy atom. The maximum Gasteiger partial charge on any atom is 0.145 e. The van der Waals surface area contributed by atoms with Crippen LogP contribution in [0.15, 0.2) is 12.3 Å². The van der Waals surface area contributed by atoms with Crippen LogP contribution < -0.4 is 5.73 Å². The van der Waals surface area contributed by atoms with Gasteiger partial charge in [0.25, 0.3) is 0 Å². The van der Waals surface area contributed by atoms with E-state index in [1.807, 2.05) is 28.7 Å². The van der Waals surface area contributed by atoms with Crippen molar-refractivity contribution >= 4 is 17.6 Å². The maximum atomic E-state index is 5.99. The van der Waals surface area contributed by atoms with E-state index in [9.17, 15) is 0 Å². The van der Waals surface area contributed by atoms with E-state index >= 15 is 0 Å². The lowest BCUT2D eigenvalue weighted by atomic mass is 9.90. The zero-order valence-corrected chi connectivity index (χ0v) is 10.1. The molecule has 0 radical (unpaired) electrons. The monoisotopic (exact) mass is 239 g/mol. The summed E-state index contributed by atoms with van der Waals surface area (Å²) in [6.45, 7) is 0.852. The highest BCUT2D eigenvalue weighted by molar-refractivity contribution is 7.99. The van der Waals surface area contributed by atoms with Crippen molar-refractivity contribution in [3.05, 3.63) is 12.3 Å². The number of hydrogen-bond donors (Lipinski definition) is 1. The summed E-state index contributed by atoms with van der Waals surface area (Å²) in [5.74, 6) is 2.98. The summed E-state index contributed by atoms with van der Waals surface area (Å²) >= 11 is 2.00. The second-order valence-electron chi connectivity index (χ2n) is 4.70. The molecule has 4 nitrogen and oxygen atoms in total. The molecule has 2 saturated heterocycles. The number of hydrogen-bond acceptors (Lipinski definition) is 4. The fourth-order valence-electron chi connectivity index (χ4n) is 2.65. The van der Waals surface area contributed by atoms with E-state index in [-0.39, 0.29) is 5.60 Å². The first kappa shape index (κ1) is 10.5. The van der Waals surface area contributed by atoms with Crippen molar-refractivity contribution in [1.82, 2.24) is 9.78 Å². The van der Waals surface area contributed by atoms with Gasteiger partial charge >= 0.3 is 0 Å². The molecule has 2 atom stereocenters. The third-order valence-electron chi connectivity index (χ3n) is 3.54. The predicted octanol–water partition coefficient (Wildman–Crippen LogP) is 1.69. The first-order chi connectivity index (χ1) is 7.77. The van der Waals surface area contributed by atoms with E-state index in [0.29, 0.717) is 11.9 Å². The van der Waals surface area contributed by atoms with Gasteiger partial charge in [0.1, 0.15) is 5.82 Å². The van der Waals surface area contributed by atoms with E-state index in [1.165, 1.54) is 12.2 Å². The van der Waals surface area contributed by atoms with Gasteiger partial charge in [-0.2, -0.15) is 16.9 Å². The number of anilines is 1. The molecule has 1 aromatic rings. The van der Waals surface area contributed by atoms with Crippen molar-refractivity contribution in [3.8, 4) is 0 Å². The van der Waals surface area contributed by atoms with E-state index in [2.05, 4.69) is 5.10 Å². The topological polar surface area (TPSA) is 53.1 Å². The van der Waals surface area contributed by atoms with Crippen LogP contribution >= 0.6 is 11.8 Å². The van der Waals surface area contributed by atoms with Gasteiger partial charge in [-0.15, -0.1) is 0 Å². The van der Waals surface area contributed by atoms with E-state index in [4.69, 9.17) is 10.5 Å². The molecule has 5 heteroatoms. The molecule has 2 aliphatic rings. The number of nitrogens with two attached hydrogens (primary N) is 1. The van der Waals surface area contributed by atoms with Gasteiger partial charge in [0, 0.05) is 18.6 Å². The van der Waals surface area contributed by atoms with Crippen molar-refractivity contribution in [1.29, 1.82) is 0 Å². The third kappa shape index (κ3) is 1.82. The molecule has 1 aromatic heterocycles. The fraction of sp³-hybridized carbons (Fsp3) is 0.727. The van der Waals surface area contributed by atoms with E-state index in [1.54, 1.807) is 0 Å². The Hall–Kier alpha value is -0.680. The Balaban J connectivity index is 1.77. The molecule has 1 spiro atoms. The molecular weight excluding hydrogens is 222 g/mol. The van der Waals surface area contributed by atoms with Crippen molar-refractivity contribution < 1.29 is 4.74 Å². The summed E-state index contributed by atoms with van der Waals surface area (Å²) < 4.78 is 8.01. The van der Waals surface area contributed by atoms with Gasteiger partial charge in [0.05, 0.1) is 11.6 Å². The van der Waals surface area contributed by atoms with Crippen LogP contribution in [0.5, 0.6) is 0 Å². The van der Waals surface area contributed by atoms with Gasteiger partial charge in [-0.05, 0) is 31.1 Å². The highest BCUT2D eigenvalue weighted by atomic mass is 32.2. The summed E-state index contributed by atoms with van der Waals surface area (Å²) in [7, 11) is 0. The molecule has 0 bridgehead atoms. The second kappa shape index (κ2) is 3.96. The predicted molar refractivity (Wildman–Crippen MR) is 65.5 cm³/mol. The largest absolute Gasteiger partial charge is 0.382 e. The van der Waals surface area contributed by atoms with Gasteiger partial charge in [-0.3, -0.25) is 4.68 Å². The molecule has 88 valence electrons. The Labute approximate surface area is 99.5 Å². The van der Waals surface area contributed by atoms with Crippen molar-refractivity contribution in [2.45, 2.75) is 30.9 Å². The first-order valence-corrected chi connectivity index (χ1v) is 6.95. The SMILES string of the molecule is Nc1ccn(C2CCOC3(CCSC3)C2)n1. The number of nitrogens with zero attached hydrogens (tertiary/aromatic N) is 2. The van der Waals surface area contributed by atoms with Crippen molar-refractivity contribution in [2.75, 3.05) is 23.8 Å². The number of thioether (sulfide) groups is 1. The van der Waals surface area contributed by atoms with Crippen LogP contribution in [-0.2, 0) is 4.74 Å². The smallest absolute Gasteiger partial charge is 0.145 e. The standard InChI is InChI=1S/C11H17N3OS/c12-10-1-4-14(13-10)9-2-5-15-11(7-9)3-6-16-8-11/h1,4,9H,2-3,5-8H2,(H2,12,13). The highest BCUT2D eigenvalue weighted by Crippen LogP contribution is 2.41. The van der Waals surface area contributed by atoms with E-state index < -0.39 is 0 Å². The normalized spacial score (nSPS) is 34.6. The van der Waals surface area contributed by atoms with Gasteiger partial charge in [0.2, 0.25) is 0 Å². The summed E-state index contributed by atoms with van der Waals surface area (Å²) in [4.78, 5) is 0. The molecule has 0 amide bonds. The molecule has 2 aliphatic heterocycles. The lowest BCUT2D eigenvalue weighted by Crippen LogP contribution is -2.40. The zero-order valence-electron chi connectivity index (χ0n) is 9.26. The molecule has 3 rings (SSSR count). The molecule has 0 aromatic carbocycles. The van der Waals surface area contributed by atoms with Crippen LogP contribution in [0.3, 0.4) is 0 Å². The Kier molecular flexibility index (Phi) is 2.59. The molecular formula is C11H17N3OS. The minimum Gasteiger partial charge on any atom is -0.382 e. The highest BCUT2D eigenvalue weighted by Gasteiger charge is 2.41. The van der Waals surface area contributed by atoms with Gasteiger partial charge in [0.15, 0.2) is 0 Å². The van der Waals surface area contributed by atoms with Crippen LogP contribution in [0, 0.1) is 0 Å². The molecule has 2 unspecified atom stereocenters. The zero-order chi connectivity index (χ0) is 11.0. The molecule has 2 fully saturated rings. The molecule has 2 N–H and O–H groups in total. The average molecular weight is 239 g/mol. The summed E-state index contributed by atoms with van der Waals surface area (Å²) in [6.07, 6.45) is 5.31. The lowest BCUT2D eigenvalue weighted by Gasteiger charge is -2.37. The molecule has 3 heterocycles. The van der Waals surface area contributed by atoms with E-state index in [0.717, 1.165) is 25.2 Å². The lowest BCUT2D eigenvalue weighted by molar-refractivity contribution is -0.0778. The Bertz CT molecular complexity index is 373. The van der Waals surface area contributed by atoms with Crippen LogP contribution in [0.1, 0.15) is 25.3 Å². The molecule has 0 saturated carbocycles. The average Bonchev–Trinajstić information content (AvgIpc) is 2.89. The quantitative estimate of drug-likeness (QED) is 0.810. The Morgan fingerprint density at radius 2 is 2.56 bits per heavy atom. The second-order valence-corrected chi connectivity index (χ2v) is 5.81. The van der Waals surface area contributed by atoms with Crippen LogP contribution in [-0.4, -0.2) is 33.5 Å². The number of rotatable bonds is 1. The number of ether oxygens (including phenoxy) is 1. The van der Waals surface area contributed by atoms with Gasteiger partial charge in [-0.1, -0.05) is 0 Å². The summed E-state index contributed by atoms with van der Waals surface area (Å²) in [5.41, 5.74) is 5.78. The van der Waals surface area contributed by atoms with Crippen molar-refractivity contribution in [2.24, 2.45) is 0 Å². The maximum absolute atomic E-state index is 5.99. The third-order valence-corrected chi connectivity index (χ3v) is 4.76. The number of aromatic nitrogens is 2.